The molecular formula is C15H16ClN3O2. The fraction of sp³-hybridized carbons (Fsp3) is 0.400. The second-order valence-electron chi connectivity index (χ2n) is 5.39. The normalized spacial score (nSPS) is 16.9. The molecule has 1 heterocycles. The summed E-state index contributed by atoms with van der Waals surface area (Å²) in [4.78, 5) is 16.8. The molecule has 1 fully saturated rings. The van der Waals surface area contributed by atoms with Gasteiger partial charge in [0.05, 0.1) is 0 Å². The molecule has 1 saturated carbocycles. The van der Waals surface area contributed by atoms with Gasteiger partial charge in [0.25, 0.3) is 5.91 Å². The maximum absolute atomic E-state index is 12.5. The first-order valence-corrected chi connectivity index (χ1v) is 7.36. The summed E-state index contributed by atoms with van der Waals surface area (Å²) in [6.07, 6.45) is 3.70. The molecule has 21 heavy (non-hydrogen) atoms. The van der Waals surface area contributed by atoms with E-state index in [4.69, 9.17) is 16.1 Å². The van der Waals surface area contributed by atoms with Crippen molar-refractivity contribution < 1.29 is 9.32 Å². The fourth-order valence-electron chi connectivity index (χ4n) is 2.80. The molecule has 5 nitrogen and oxygen atoms in total. The van der Waals surface area contributed by atoms with Gasteiger partial charge < -0.3 is 9.84 Å². The number of rotatable bonds is 3. The second-order valence-corrected chi connectivity index (χ2v) is 5.83. The van der Waals surface area contributed by atoms with Crippen molar-refractivity contribution in [2.75, 3.05) is 0 Å². The van der Waals surface area contributed by atoms with Crippen molar-refractivity contribution in [3.63, 3.8) is 0 Å². The van der Waals surface area contributed by atoms with Gasteiger partial charge in [-0.25, -0.2) is 0 Å². The third kappa shape index (κ3) is 2.78. The number of nitrogens with one attached hydrogen (secondary N) is 1. The summed E-state index contributed by atoms with van der Waals surface area (Å²) < 4.78 is 5.07. The van der Waals surface area contributed by atoms with Crippen molar-refractivity contribution in [3.05, 3.63) is 46.6 Å². The monoisotopic (exact) mass is 305 g/mol. The molecule has 1 N–H and O–H groups in total. The Morgan fingerprint density at radius 1 is 1.38 bits per heavy atom. The van der Waals surface area contributed by atoms with Crippen LogP contribution in [0.4, 0.5) is 0 Å². The van der Waals surface area contributed by atoms with E-state index in [9.17, 15) is 4.79 Å². The summed E-state index contributed by atoms with van der Waals surface area (Å²) in [5.41, 5.74) is 0.00551. The minimum Gasteiger partial charge on any atom is -0.340 e. The van der Waals surface area contributed by atoms with Crippen molar-refractivity contribution in [2.24, 2.45) is 0 Å². The van der Waals surface area contributed by atoms with Crippen LogP contribution in [0.2, 0.25) is 5.02 Å². The van der Waals surface area contributed by atoms with Gasteiger partial charge in [-0.3, -0.25) is 4.79 Å². The van der Waals surface area contributed by atoms with Crippen molar-refractivity contribution in [2.45, 2.75) is 38.1 Å². The van der Waals surface area contributed by atoms with Crippen molar-refractivity contribution in [3.8, 4) is 0 Å². The van der Waals surface area contributed by atoms with Gasteiger partial charge in [-0.2, -0.15) is 4.98 Å². The first-order valence-electron chi connectivity index (χ1n) is 6.98. The van der Waals surface area contributed by atoms with E-state index in [1.54, 1.807) is 31.2 Å². The summed E-state index contributed by atoms with van der Waals surface area (Å²) in [7, 11) is 0. The molecule has 2 aromatic rings. The lowest BCUT2D eigenvalue weighted by molar-refractivity contribution is 0.0892. The maximum atomic E-state index is 12.5. The highest BCUT2D eigenvalue weighted by Gasteiger charge is 2.41. The summed E-state index contributed by atoms with van der Waals surface area (Å²) in [6, 6.07) is 6.90. The van der Waals surface area contributed by atoms with Crippen LogP contribution in [0.15, 0.2) is 28.8 Å². The molecular weight excluding hydrogens is 290 g/mol. The van der Waals surface area contributed by atoms with E-state index in [2.05, 4.69) is 15.5 Å². The molecule has 1 aliphatic carbocycles. The lowest BCUT2D eigenvalue weighted by atomic mass is 9.96. The van der Waals surface area contributed by atoms with Crippen LogP contribution in [0.25, 0.3) is 0 Å². The Kier molecular flexibility index (Phi) is 3.68. The van der Waals surface area contributed by atoms with E-state index >= 15 is 0 Å². The third-order valence-corrected chi connectivity index (χ3v) is 4.09. The molecule has 0 radical (unpaired) electrons. The summed E-state index contributed by atoms with van der Waals surface area (Å²) in [5, 5.41) is 7.63. The molecule has 1 amide bonds. The number of hydrogen-bond donors (Lipinski definition) is 1. The van der Waals surface area contributed by atoms with E-state index in [-0.39, 0.29) is 5.91 Å². The average Bonchev–Trinajstić information content (AvgIpc) is 3.09. The van der Waals surface area contributed by atoms with Crippen LogP contribution in [-0.2, 0) is 5.54 Å². The van der Waals surface area contributed by atoms with Crippen molar-refractivity contribution in [1.29, 1.82) is 0 Å². The predicted octanol–water partition coefficient (Wildman–Crippen LogP) is 3.23. The van der Waals surface area contributed by atoms with Crippen LogP contribution in [-0.4, -0.2) is 16.0 Å². The van der Waals surface area contributed by atoms with Crippen LogP contribution in [0.3, 0.4) is 0 Å². The zero-order chi connectivity index (χ0) is 14.9. The van der Waals surface area contributed by atoms with E-state index in [0.29, 0.717) is 22.3 Å². The van der Waals surface area contributed by atoms with Gasteiger partial charge in [0.2, 0.25) is 5.89 Å². The number of amides is 1. The highest BCUT2D eigenvalue weighted by Crippen LogP contribution is 2.37. The summed E-state index contributed by atoms with van der Waals surface area (Å²) in [5.74, 6) is 0.906. The van der Waals surface area contributed by atoms with E-state index < -0.39 is 5.54 Å². The number of carbonyl (C=O) groups is 1. The molecule has 0 aliphatic heterocycles. The summed E-state index contributed by atoms with van der Waals surface area (Å²) >= 11 is 5.94. The molecule has 3 rings (SSSR count). The maximum Gasteiger partial charge on any atom is 0.252 e. The van der Waals surface area contributed by atoms with Crippen LogP contribution in [0, 0.1) is 6.92 Å². The molecule has 1 aromatic heterocycles. The zero-order valence-corrected chi connectivity index (χ0v) is 12.5. The van der Waals surface area contributed by atoms with Gasteiger partial charge in [-0.1, -0.05) is 35.7 Å². The van der Waals surface area contributed by atoms with E-state index in [0.717, 1.165) is 25.7 Å². The first-order chi connectivity index (χ1) is 10.1. The number of benzene rings is 1. The van der Waals surface area contributed by atoms with Gasteiger partial charge >= 0.3 is 0 Å². The Labute approximate surface area is 127 Å². The standard InChI is InChI=1S/C15H16ClN3O2/c1-10-17-14(19-21-10)15(7-2-3-8-15)18-13(20)11-5-4-6-12(16)9-11/h4-6,9H,2-3,7-8H2,1H3,(H,18,20). The number of halogens is 1. The zero-order valence-electron chi connectivity index (χ0n) is 11.7. The third-order valence-electron chi connectivity index (χ3n) is 3.85. The molecule has 0 unspecified atom stereocenters. The largest absolute Gasteiger partial charge is 0.340 e. The lowest BCUT2D eigenvalue weighted by Crippen LogP contribution is -2.44. The van der Waals surface area contributed by atoms with Crippen molar-refractivity contribution in [1.82, 2.24) is 15.5 Å². The number of hydrogen-bond acceptors (Lipinski definition) is 4. The van der Waals surface area contributed by atoms with Crippen molar-refractivity contribution >= 4 is 17.5 Å². The first kappa shape index (κ1) is 14.1. The Balaban J connectivity index is 1.87. The number of aryl methyl sites for hydroxylation is 1. The smallest absolute Gasteiger partial charge is 0.252 e. The molecule has 1 aromatic carbocycles. The van der Waals surface area contributed by atoms with Gasteiger partial charge in [-0.05, 0) is 31.0 Å². The lowest BCUT2D eigenvalue weighted by Gasteiger charge is -2.26. The molecule has 0 saturated heterocycles. The topological polar surface area (TPSA) is 68.0 Å². The number of nitrogens with zero attached hydrogens (tertiary/aromatic N) is 2. The van der Waals surface area contributed by atoms with Crippen LogP contribution in [0.5, 0.6) is 0 Å². The van der Waals surface area contributed by atoms with Gasteiger partial charge in [0, 0.05) is 17.5 Å². The Bertz CT molecular complexity index is 662. The highest BCUT2D eigenvalue weighted by atomic mass is 35.5. The van der Waals surface area contributed by atoms with Crippen LogP contribution >= 0.6 is 11.6 Å². The fourth-order valence-corrected chi connectivity index (χ4v) is 2.99. The van der Waals surface area contributed by atoms with Crippen LogP contribution in [0.1, 0.15) is 47.8 Å². The molecule has 0 atom stereocenters. The van der Waals surface area contributed by atoms with E-state index in [1.807, 2.05) is 0 Å². The average molecular weight is 306 g/mol. The Morgan fingerprint density at radius 3 is 2.76 bits per heavy atom. The second kappa shape index (κ2) is 5.48. The van der Waals surface area contributed by atoms with Gasteiger partial charge in [0.1, 0.15) is 5.54 Å². The predicted molar refractivity (Wildman–Crippen MR) is 78.1 cm³/mol. The Morgan fingerprint density at radius 2 is 2.14 bits per heavy atom. The van der Waals surface area contributed by atoms with Crippen LogP contribution < -0.4 is 5.32 Å². The van der Waals surface area contributed by atoms with Gasteiger partial charge in [-0.15, -0.1) is 0 Å². The molecule has 6 heteroatoms. The molecule has 0 bridgehead atoms. The Hall–Kier alpha value is -1.88. The minimum absolute atomic E-state index is 0.165. The number of carbonyl (C=O) groups excluding carboxylic acids is 1. The molecule has 0 spiro atoms. The number of aromatic nitrogens is 2. The quantitative estimate of drug-likeness (QED) is 0.945. The SMILES string of the molecule is Cc1nc(C2(NC(=O)c3cccc(Cl)c3)CCCC2)no1. The van der Waals surface area contributed by atoms with Gasteiger partial charge in [0.15, 0.2) is 5.82 Å². The van der Waals surface area contributed by atoms with E-state index in [1.165, 1.54) is 0 Å². The summed E-state index contributed by atoms with van der Waals surface area (Å²) in [6.45, 7) is 1.75. The minimum atomic E-state index is -0.531. The molecule has 110 valence electrons. The highest BCUT2D eigenvalue weighted by molar-refractivity contribution is 6.30. The molecule has 1 aliphatic rings.